The van der Waals surface area contributed by atoms with Gasteiger partial charge in [0.2, 0.25) is 0 Å². The average molecular weight is 324 g/mol. The van der Waals surface area contributed by atoms with Crippen LogP contribution in [0.1, 0.15) is 5.56 Å². The molecule has 2 aromatic carbocycles. The third kappa shape index (κ3) is 4.26. The van der Waals surface area contributed by atoms with Crippen LogP contribution in [-0.4, -0.2) is 44.2 Å². The molecule has 0 unspecified atom stereocenters. The monoisotopic (exact) mass is 324 g/mol. The van der Waals surface area contributed by atoms with Crippen LogP contribution in [0.4, 0.5) is 16.2 Å². The molecular weight excluding hydrogens is 300 g/mol. The van der Waals surface area contributed by atoms with Crippen molar-refractivity contribution in [3.05, 3.63) is 60.2 Å². The Morgan fingerprint density at radius 2 is 1.62 bits per heavy atom. The quantitative estimate of drug-likeness (QED) is 0.909. The highest BCUT2D eigenvalue weighted by Gasteiger charge is 2.17. The lowest BCUT2D eigenvalue weighted by Gasteiger charge is -2.35. The van der Waals surface area contributed by atoms with Crippen molar-refractivity contribution < 1.29 is 4.79 Å². The number of benzene rings is 2. The third-order valence-corrected chi connectivity index (χ3v) is 4.29. The van der Waals surface area contributed by atoms with Crippen molar-refractivity contribution in [3.63, 3.8) is 0 Å². The van der Waals surface area contributed by atoms with Gasteiger partial charge in [0.1, 0.15) is 0 Å². The summed E-state index contributed by atoms with van der Waals surface area (Å²) in [5.41, 5.74) is 3.02. The van der Waals surface area contributed by atoms with Crippen LogP contribution in [0.15, 0.2) is 54.6 Å². The van der Waals surface area contributed by atoms with Gasteiger partial charge in [-0.15, -0.1) is 0 Å². The summed E-state index contributed by atoms with van der Waals surface area (Å²) < 4.78 is 0. The maximum Gasteiger partial charge on any atom is 0.319 e. The SMILES string of the molecule is CN1CCN(c2ccccc2NC(=O)NCc2ccccc2)CC1. The van der Waals surface area contributed by atoms with E-state index in [2.05, 4.69) is 33.5 Å². The molecule has 0 saturated carbocycles. The Kier molecular flexibility index (Phi) is 5.33. The van der Waals surface area contributed by atoms with Crippen molar-refractivity contribution in [1.29, 1.82) is 0 Å². The van der Waals surface area contributed by atoms with Crippen LogP contribution in [0, 0.1) is 0 Å². The number of carbonyl (C=O) groups excluding carboxylic acids is 1. The van der Waals surface area contributed by atoms with Gasteiger partial charge >= 0.3 is 6.03 Å². The van der Waals surface area contributed by atoms with E-state index in [1.165, 1.54) is 0 Å². The van der Waals surface area contributed by atoms with Gasteiger partial charge in [-0.05, 0) is 24.7 Å². The van der Waals surface area contributed by atoms with Gasteiger partial charge in [0.25, 0.3) is 0 Å². The Labute approximate surface area is 143 Å². The highest BCUT2D eigenvalue weighted by molar-refractivity contribution is 5.93. The molecule has 24 heavy (non-hydrogen) atoms. The molecule has 0 aromatic heterocycles. The molecule has 1 aliphatic heterocycles. The molecule has 2 N–H and O–H groups in total. The summed E-state index contributed by atoms with van der Waals surface area (Å²) in [5.74, 6) is 0. The second-order valence-electron chi connectivity index (χ2n) is 6.10. The number of likely N-dealkylation sites (N-methyl/N-ethyl adjacent to an activating group) is 1. The number of para-hydroxylation sites is 2. The second-order valence-corrected chi connectivity index (χ2v) is 6.10. The molecule has 5 nitrogen and oxygen atoms in total. The van der Waals surface area contributed by atoms with Crippen molar-refractivity contribution in [1.82, 2.24) is 10.2 Å². The summed E-state index contributed by atoms with van der Waals surface area (Å²) in [6.45, 7) is 4.54. The topological polar surface area (TPSA) is 47.6 Å². The molecule has 3 rings (SSSR count). The van der Waals surface area contributed by atoms with Gasteiger partial charge in [0, 0.05) is 32.7 Å². The number of anilines is 2. The molecule has 0 spiro atoms. The Hall–Kier alpha value is -2.53. The lowest BCUT2D eigenvalue weighted by Crippen LogP contribution is -2.44. The highest BCUT2D eigenvalue weighted by Crippen LogP contribution is 2.26. The lowest BCUT2D eigenvalue weighted by atomic mass is 10.2. The molecule has 1 aliphatic rings. The standard InChI is InChI=1S/C19H24N4O/c1-22-11-13-23(14-12-22)18-10-6-5-9-17(18)21-19(24)20-15-16-7-3-2-4-8-16/h2-10H,11-15H2,1H3,(H2,20,21,24). The smallest absolute Gasteiger partial charge is 0.319 e. The van der Waals surface area contributed by atoms with E-state index in [-0.39, 0.29) is 6.03 Å². The first-order valence-electron chi connectivity index (χ1n) is 8.33. The average Bonchev–Trinajstić information content (AvgIpc) is 2.62. The third-order valence-electron chi connectivity index (χ3n) is 4.29. The molecule has 1 fully saturated rings. The van der Waals surface area contributed by atoms with E-state index in [0.717, 1.165) is 43.1 Å². The van der Waals surface area contributed by atoms with Gasteiger partial charge in [-0.25, -0.2) is 4.79 Å². The summed E-state index contributed by atoms with van der Waals surface area (Å²) in [6.07, 6.45) is 0. The van der Waals surface area contributed by atoms with Gasteiger partial charge in [-0.1, -0.05) is 42.5 Å². The molecule has 2 aromatic rings. The van der Waals surface area contributed by atoms with Crippen LogP contribution in [0.2, 0.25) is 0 Å². The molecule has 1 saturated heterocycles. The normalized spacial score (nSPS) is 15.1. The minimum absolute atomic E-state index is 0.180. The number of rotatable bonds is 4. The van der Waals surface area contributed by atoms with Crippen LogP contribution >= 0.6 is 0 Å². The van der Waals surface area contributed by atoms with Gasteiger partial charge in [0.15, 0.2) is 0 Å². The Morgan fingerprint density at radius 1 is 0.958 bits per heavy atom. The minimum Gasteiger partial charge on any atom is -0.367 e. The first-order valence-corrected chi connectivity index (χ1v) is 8.33. The van der Waals surface area contributed by atoms with E-state index in [4.69, 9.17) is 0 Å². The van der Waals surface area contributed by atoms with Crippen LogP contribution in [-0.2, 0) is 6.54 Å². The first-order chi connectivity index (χ1) is 11.7. The summed E-state index contributed by atoms with van der Waals surface area (Å²) in [4.78, 5) is 16.9. The Morgan fingerprint density at radius 3 is 2.38 bits per heavy atom. The summed E-state index contributed by atoms with van der Waals surface area (Å²) >= 11 is 0. The van der Waals surface area contributed by atoms with Crippen molar-refractivity contribution in [2.45, 2.75) is 6.54 Å². The van der Waals surface area contributed by atoms with Crippen LogP contribution in [0.25, 0.3) is 0 Å². The Balaban J connectivity index is 1.61. The molecular formula is C19H24N4O. The number of hydrogen-bond acceptors (Lipinski definition) is 3. The zero-order valence-electron chi connectivity index (χ0n) is 14.0. The fourth-order valence-electron chi connectivity index (χ4n) is 2.85. The van der Waals surface area contributed by atoms with Gasteiger partial charge in [-0.3, -0.25) is 0 Å². The van der Waals surface area contributed by atoms with Crippen LogP contribution in [0.5, 0.6) is 0 Å². The summed E-state index contributed by atoms with van der Waals surface area (Å²) in [5, 5.41) is 5.89. The highest BCUT2D eigenvalue weighted by atomic mass is 16.2. The number of amides is 2. The van der Waals surface area contributed by atoms with E-state index >= 15 is 0 Å². The molecule has 2 amide bonds. The van der Waals surface area contributed by atoms with E-state index in [0.29, 0.717) is 6.54 Å². The van der Waals surface area contributed by atoms with E-state index in [1.54, 1.807) is 0 Å². The van der Waals surface area contributed by atoms with Gasteiger partial charge < -0.3 is 20.4 Å². The fourth-order valence-corrected chi connectivity index (χ4v) is 2.85. The zero-order chi connectivity index (χ0) is 16.8. The lowest BCUT2D eigenvalue weighted by molar-refractivity contribution is 0.251. The van der Waals surface area contributed by atoms with Crippen LogP contribution in [0.3, 0.4) is 0 Å². The summed E-state index contributed by atoms with van der Waals surface area (Å²) in [6, 6.07) is 17.7. The fraction of sp³-hybridized carbons (Fsp3) is 0.316. The predicted molar refractivity (Wildman–Crippen MR) is 98.5 cm³/mol. The van der Waals surface area contributed by atoms with Crippen molar-refractivity contribution in [2.24, 2.45) is 0 Å². The number of piperazine rings is 1. The van der Waals surface area contributed by atoms with Crippen LogP contribution < -0.4 is 15.5 Å². The molecule has 0 aliphatic carbocycles. The van der Waals surface area contributed by atoms with Crippen molar-refractivity contribution in [3.8, 4) is 0 Å². The number of nitrogens with one attached hydrogen (secondary N) is 2. The maximum absolute atomic E-state index is 12.2. The Bertz CT molecular complexity index is 666. The number of hydrogen-bond donors (Lipinski definition) is 2. The molecule has 1 heterocycles. The molecule has 126 valence electrons. The van der Waals surface area contributed by atoms with Crippen molar-refractivity contribution in [2.75, 3.05) is 43.4 Å². The number of urea groups is 1. The molecule has 5 heteroatoms. The van der Waals surface area contributed by atoms with Gasteiger partial charge in [-0.2, -0.15) is 0 Å². The number of carbonyl (C=O) groups is 1. The maximum atomic E-state index is 12.2. The van der Waals surface area contributed by atoms with E-state index in [9.17, 15) is 4.79 Å². The second kappa shape index (κ2) is 7.84. The minimum atomic E-state index is -0.180. The largest absolute Gasteiger partial charge is 0.367 e. The summed E-state index contributed by atoms with van der Waals surface area (Å²) in [7, 11) is 2.14. The number of nitrogens with zero attached hydrogens (tertiary/aromatic N) is 2. The molecule has 0 radical (unpaired) electrons. The molecule has 0 bridgehead atoms. The van der Waals surface area contributed by atoms with E-state index in [1.807, 2.05) is 48.5 Å². The van der Waals surface area contributed by atoms with E-state index < -0.39 is 0 Å². The first kappa shape index (κ1) is 16.3. The zero-order valence-corrected chi connectivity index (χ0v) is 14.0. The van der Waals surface area contributed by atoms with Crippen molar-refractivity contribution >= 4 is 17.4 Å². The van der Waals surface area contributed by atoms with Gasteiger partial charge in [0.05, 0.1) is 11.4 Å². The predicted octanol–water partition coefficient (Wildman–Crippen LogP) is 2.76. The molecule has 0 atom stereocenters.